The van der Waals surface area contributed by atoms with E-state index in [1.807, 2.05) is 12.1 Å². The maximum atomic E-state index is 6.44. The summed E-state index contributed by atoms with van der Waals surface area (Å²) < 4.78 is 5.19. The van der Waals surface area contributed by atoms with Gasteiger partial charge in [0.25, 0.3) is 0 Å². The number of nitrogens with two attached hydrogens (primary N) is 1. The van der Waals surface area contributed by atoms with E-state index in [9.17, 15) is 0 Å². The minimum Gasteiger partial charge on any atom is -0.497 e. The maximum Gasteiger partial charge on any atom is 0.118 e. The standard InChI is InChI=1S/C17H27NO/c1-3-4-13-5-7-14(8-6-13)17(18)15-9-11-16(19-2)12-10-15/h9-14,17H,3-8,18H2,1-2H3. The molecule has 19 heavy (non-hydrogen) atoms. The van der Waals surface area contributed by atoms with Crippen LogP contribution in [0.4, 0.5) is 0 Å². The summed E-state index contributed by atoms with van der Waals surface area (Å²) in [5, 5.41) is 0. The summed E-state index contributed by atoms with van der Waals surface area (Å²) in [6.07, 6.45) is 8.02. The number of benzene rings is 1. The van der Waals surface area contributed by atoms with Gasteiger partial charge in [-0.05, 0) is 42.4 Å². The van der Waals surface area contributed by atoms with E-state index in [2.05, 4.69) is 19.1 Å². The highest BCUT2D eigenvalue weighted by Gasteiger charge is 2.25. The molecule has 1 unspecified atom stereocenters. The Morgan fingerprint density at radius 1 is 1.16 bits per heavy atom. The van der Waals surface area contributed by atoms with Crippen molar-refractivity contribution >= 4 is 0 Å². The van der Waals surface area contributed by atoms with Crippen molar-refractivity contribution in [2.75, 3.05) is 7.11 Å². The van der Waals surface area contributed by atoms with Gasteiger partial charge in [0.05, 0.1) is 7.11 Å². The van der Waals surface area contributed by atoms with Crippen LogP contribution in [-0.2, 0) is 0 Å². The van der Waals surface area contributed by atoms with Crippen LogP contribution in [0.3, 0.4) is 0 Å². The molecule has 1 saturated carbocycles. The molecular formula is C17H27NO. The van der Waals surface area contributed by atoms with Crippen LogP contribution in [0.1, 0.15) is 57.1 Å². The van der Waals surface area contributed by atoms with Crippen molar-refractivity contribution in [2.24, 2.45) is 17.6 Å². The Labute approximate surface area is 117 Å². The van der Waals surface area contributed by atoms with Crippen molar-refractivity contribution < 1.29 is 4.74 Å². The first-order chi connectivity index (χ1) is 9.24. The lowest BCUT2D eigenvalue weighted by molar-refractivity contribution is 0.234. The third-order valence-corrected chi connectivity index (χ3v) is 4.60. The Morgan fingerprint density at radius 2 is 1.79 bits per heavy atom. The fraction of sp³-hybridized carbons (Fsp3) is 0.647. The zero-order valence-corrected chi connectivity index (χ0v) is 12.3. The molecular weight excluding hydrogens is 234 g/mol. The Hall–Kier alpha value is -1.02. The smallest absolute Gasteiger partial charge is 0.118 e. The molecule has 2 N–H and O–H groups in total. The van der Waals surface area contributed by atoms with E-state index in [0.717, 1.165) is 11.7 Å². The van der Waals surface area contributed by atoms with Gasteiger partial charge in [0, 0.05) is 6.04 Å². The van der Waals surface area contributed by atoms with Gasteiger partial charge < -0.3 is 10.5 Å². The van der Waals surface area contributed by atoms with E-state index in [1.54, 1.807) is 7.11 Å². The number of ether oxygens (including phenoxy) is 1. The third kappa shape index (κ3) is 3.73. The van der Waals surface area contributed by atoms with Gasteiger partial charge in [0.1, 0.15) is 5.75 Å². The van der Waals surface area contributed by atoms with E-state index in [4.69, 9.17) is 10.5 Å². The highest BCUT2D eigenvalue weighted by atomic mass is 16.5. The van der Waals surface area contributed by atoms with Gasteiger partial charge in [-0.3, -0.25) is 0 Å². The van der Waals surface area contributed by atoms with Gasteiger partial charge in [-0.25, -0.2) is 0 Å². The number of hydrogen-bond acceptors (Lipinski definition) is 2. The van der Waals surface area contributed by atoms with Gasteiger partial charge >= 0.3 is 0 Å². The molecule has 0 spiro atoms. The molecule has 0 aromatic heterocycles. The first-order valence-electron chi connectivity index (χ1n) is 7.64. The summed E-state index contributed by atoms with van der Waals surface area (Å²) >= 11 is 0. The molecule has 0 amide bonds. The molecule has 2 nitrogen and oxygen atoms in total. The lowest BCUT2D eigenvalue weighted by Crippen LogP contribution is -2.26. The largest absolute Gasteiger partial charge is 0.497 e. The molecule has 106 valence electrons. The molecule has 1 aromatic carbocycles. The SMILES string of the molecule is CCCC1CCC(C(N)c2ccc(OC)cc2)CC1. The van der Waals surface area contributed by atoms with Gasteiger partial charge in [0.15, 0.2) is 0 Å². The van der Waals surface area contributed by atoms with Crippen molar-refractivity contribution in [1.29, 1.82) is 0 Å². The first kappa shape index (κ1) is 14.4. The molecule has 0 heterocycles. The molecule has 0 aliphatic heterocycles. The lowest BCUT2D eigenvalue weighted by Gasteiger charge is -2.32. The highest BCUT2D eigenvalue weighted by Crippen LogP contribution is 2.37. The summed E-state index contributed by atoms with van der Waals surface area (Å²) in [5.41, 5.74) is 7.69. The average Bonchev–Trinajstić information content (AvgIpc) is 2.48. The average molecular weight is 261 g/mol. The zero-order valence-electron chi connectivity index (χ0n) is 12.3. The molecule has 0 bridgehead atoms. The first-order valence-corrected chi connectivity index (χ1v) is 7.64. The Bertz CT molecular complexity index is 365. The molecule has 0 saturated heterocycles. The molecule has 1 aromatic rings. The minimum atomic E-state index is 0.188. The van der Waals surface area contributed by atoms with E-state index in [1.165, 1.54) is 44.1 Å². The lowest BCUT2D eigenvalue weighted by atomic mass is 9.76. The zero-order chi connectivity index (χ0) is 13.7. The third-order valence-electron chi connectivity index (χ3n) is 4.60. The second-order valence-corrected chi connectivity index (χ2v) is 5.87. The van der Waals surface area contributed by atoms with Crippen molar-refractivity contribution in [3.63, 3.8) is 0 Å². The summed E-state index contributed by atoms with van der Waals surface area (Å²) in [7, 11) is 1.70. The predicted molar refractivity (Wildman–Crippen MR) is 80.3 cm³/mol. The van der Waals surface area contributed by atoms with Gasteiger partial charge in [0.2, 0.25) is 0 Å². The van der Waals surface area contributed by atoms with Crippen molar-refractivity contribution in [3.8, 4) is 5.75 Å². The van der Waals surface area contributed by atoms with Crippen LogP contribution >= 0.6 is 0 Å². The topological polar surface area (TPSA) is 35.2 Å². The monoisotopic (exact) mass is 261 g/mol. The molecule has 2 heteroatoms. The van der Waals surface area contributed by atoms with Crippen LogP contribution in [0.25, 0.3) is 0 Å². The normalized spacial score (nSPS) is 25.0. The second kappa shape index (κ2) is 6.95. The van der Waals surface area contributed by atoms with E-state index in [-0.39, 0.29) is 6.04 Å². The van der Waals surface area contributed by atoms with Gasteiger partial charge in [-0.2, -0.15) is 0 Å². The number of hydrogen-bond donors (Lipinski definition) is 1. The molecule has 1 atom stereocenters. The van der Waals surface area contributed by atoms with Crippen LogP contribution in [0.15, 0.2) is 24.3 Å². The maximum absolute atomic E-state index is 6.44. The Morgan fingerprint density at radius 3 is 2.32 bits per heavy atom. The summed E-state index contributed by atoms with van der Waals surface area (Å²) in [6.45, 7) is 2.29. The second-order valence-electron chi connectivity index (χ2n) is 5.87. The quantitative estimate of drug-likeness (QED) is 0.857. The van der Waals surface area contributed by atoms with Gasteiger partial charge in [-0.1, -0.05) is 44.7 Å². The van der Waals surface area contributed by atoms with Gasteiger partial charge in [-0.15, -0.1) is 0 Å². The summed E-state index contributed by atoms with van der Waals surface area (Å²) in [6, 6.07) is 8.44. The molecule has 2 rings (SSSR count). The Kier molecular flexibility index (Phi) is 5.26. The molecule has 0 radical (unpaired) electrons. The molecule has 1 aliphatic carbocycles. The van der Waals surface area contributed by atoms with Crippen molar-refractivity contribution in [1.82, 2.24) is 0 Å². The highest BCUT2D eigenvalue weighted by molar-refractivity contribution is 5.29. The van der Waals surface area contributed by atoms with Crippen LogP contribution in [0, 0.1) is 11.8 Å². The molecule has 1 fully saturated rings. The Balaban J connectivity index is 1.91. The van der Waals surface area contributed by atoms with Crippen LogP contribution in [0.5, 0.6) is 5.75 Å². The summed E-state index contributed by atoms with van der Waals surface area (Å²) in [5.74, 6) is 2.51. The fourth-order valence-corrected chi connectivity index (χ4v) is 3.34. The number of methoxy groups -OCH3 is 1. The van der Waals surface area contributed by atoms with E-state index < -0.39 is 0 Å². The molecule has 1 aliphatic rings. The van der Waals surface area contributed by atoms with Crippen molar-refractivity contribution in [3.05, 3.63) is 29.8 Å². The fourth-order valence-electron chi connectivity index (χ4n) is 3.34. The van der Waals surface area contributed by atoms with Crippen LogP contribution in [0.2, 0.25) is 0 Å². The van der Waals surface area contributed by atoms with Crippen LogP contribution < -0.4 is 10.5 Å². The summed E-state index contributed by atoms with van der Waals surface area (Å²) in [4.78, 5) is 0. The number of rotatable bonds is 5. The minimum absolute atomic E-state index is 0.188. The van der Waals surface area contributed by atoms with Crippen LogP contribution in [-0.4, -0.2) is 7.11 Å². The van der Waals surface area contributed by atoms with Crippen molar-refractivity contribution in [2.45, 2.75) is 51.5 Å². The van der Waals surface area contributed by atoms with E-state index >= 15 is 0 Å². The predicted octanol–water partition coefficient (Wildman–Crippen LogP) is 4.30. The van der Waals surface area contributed by atoms with E-state index in [0.29, 0.717) is 5.92 Å².